The molecule has 0 spiro atoms. The molecule has 0 saturated heterocycles. The molecule has 40 heavy (non-hydrogen) atoms. The molecule has 0 aliphatic carbocycles. The summed E-state index contributed by atoms with van der Waals surface area (Å²) in [7, 11) is 1.54. The van der Waals surface area contributed by atoms with Gasteiger partial charge in [0.2, 0.25) is 5.91 Å². The van der Waals surface area contributed by atoms with Crippen LogP contribution >= 0.6 is 11.8 Å². The number of anilines is 1. The minimum absolute atomic E-state index is 0.0817. The number of thioether (sulfide) groups is 1. The molecule has 12 heteroatoms. The van der Waals surface area contributed by atoms with E-state index in [9.17, 15) is 22.8 Å². The van der Waals surface area contributed by atoms with Crippen LogP contribution in [0.1, 0.15) is 27.3 Å². The third-order valence-electron chi connectivity index (χ3n) is 5.86. The fourth-order valence-electron chi connectivity index (χ4n) is 3.83. The van der Waals surface area contributed by atoms with Crippen LogP contribution in [0.5, 0.6) is 5.75 Å². The molecule has 4 rings (SSSR count). The number of nitrogens with one attached hydrogen (secondary N) is 2. The van der Waals surface area contributed by atoms with Crippen LogP contribution < -0.4 is 15.4 Å². The molecule has 1 aromatic heterocycles. The standard InChI is InChI=1S/C28H26F3N5O3S/c1-39-21-13-11-20(12-14-21)26(38)32-17-24-34-35-27(36(24)16-15-19-7-3-2-4-8-19)40-18-25(37)33-23-10-6-5-9-22(23)28(29,30)31/h2-14H,15-18H2,1H3,(H,32,38)(H,33,37). The summed E-state index contributed by atoms with van der Waals surface area (Å²) < 4.78 is 46.8. The Morgan fingerprint density at radius 2 is 1.65 bits per heavy atom. The number of carbonyl (C=O) groups is 2. The Hall–Kier alpha value is -4.32. The topological polar surface area (TPSA) is 98.1 Å². The molecule has 0 radical (unpaired) electrons. The summed E-state index contributed by atoms with van der Waals surface area (Å²) in [4.78, 5) is 25.2. The molecule has 8 nitrogen and oxygen atoms in total. The van der Waals surface area contributed by atoms with Gasteiger partial charge in [0.1, 0.15) is 5.75 Å². The van der Waals surface area contributed by atoms with Crippen LogP contribution in [-0.4, -0.2) is 39.4 Å². The van der Waals surface area contributed by atoms with Crippen molar-refractivity contribution in [1.82, 2.24) is 20.1 Å². The molecule has 1 heterocycles. The average Bonchev–Trinajstić information content (AvgIpc) is 3.35. The number of methoxy groups -OCH3 is 1. The van der Waals surface area contributed by atoms with Crippen molar-refractivity contribution in [1.29, 1.82) is 0 Å². The molecular weight excluding hydrogens is 543 g/mol. The molecule has 0 atom stereocenters. The molecule has 0 saturated carbocycles. The molecule has 3 aromatic carbocycles. The van der Waals surface area contributed by atoms with Crippen LogP contribution in [0, 0.1) is 0 Å². The molecular formula is C28H26F3N5O3S. The SMILES string of the molecule is COc1ccc(C(=O)NCc2nnc(SCC(=O)Nc3ccccc3C(F)(F)F)n2CCc2ccccc2)cc1. The number of aryl methyl sites for hydroxylation is 1. The number of para-hydroxylation sites is 1. The van der Waals surface area contributed by atoms with Crippen LogP contribution in [0.2, 0.25) is 0 Å². The van der Waals surface area contributed by atoms with Crippen LogP contribution in [0.15, 0.2) is 84.0 Å². The lowest BCUT2D eigenvalue weighted by molar-refractivity contribution is -0.137. The van der Waals surface area contributed by atoms with Gasteiger partial charge in [-0.2, -0.15) is 13.2 Å². The number of halogens is 3. The van der Waals surface area contributed by atoms with Crippen LogP contribution in [0.3, 0.4) is 0 Å². The lowest BCUT2D eigenvalue weighted by Gasteiger charge is -2.14. The summed E-state index contributed by atoms with van der Waals surface area (Å²) in [6, 6.07) is 21.2. The largest absolute Gasteiger partial charge is 0.497 e. The van der Waals surface area contributed by atoms with Gasteiger partial charge in [0, 0.05) is 12.1 Å². The highest BCUT2D eigenvalue weighted by atomic mass is 32.2. The molecule has 0 bridgehead atoms. The van der Waals surface area contributed by atoms with Gasteiger partial charge in [0.25, 0.3) is 5.91 Å². The fraction of sp³-hybridized carbons (Fsp3) is 0.214. The number of hydrogen-bond acceptors (Lipinski definition) is 6. The van der Waals surface area contributed by atoms with Gasteiger partial charge in [-0.1, -0.05) is 54.2 Å². The second kappa shape index (κ2) is 13.2. The molecule has 0 unspecified atom stereocenters. The van der Waals surface area contributed by atoms with Gasteiger partial charge in [-0.05, 0) is 48.4 Å². The smallest absolute Gasteiger partial charge is 0.418 e. The van der Waals surface area contributed by atoms with Crippen molar-refractivity contribution < 1.29 is 27.5 Å². The van der Waals surface area contributed by atoms with E-state index in [-0.39, 0.29) is 23.9 Å². The molecule has 4 aromatic rings. The highest BCUT2D eigenvalue weighted by molar-refractivity contribution is 7.99. The lowest BCUT2D eigenvalue weighted by Crippen LogP contribution is -2.25. The van der Waals surface area contributed by atoms with E-state index in [1.54, 1.807) is 28.8 Å². The molecule has 2 N–H and O–H groups in total. The highest BCUT2D eigenvalue weighted by Gasteiger charge is 2.33. The van der Waals surface area contributed by atoms with Gasteiger partial charge in [0.05, 0.1) is 30.7 Å². The predicted octanol–water partition coefficient (Wildman–Crippen LogP) is 5.21. The van der Waals surface area contributed by atoms with Crippen molar-refractivity contribution in [3.8, 4) is 5.75 Å². The number of nitrogens with zero attached hydrogens (tertiary/aromatic N) is 3. The summed E-state index contributed by atoms with van der Waals surface area (Å²) in [5.74, 6) is -0.00723. The maximum atomic E-state index is 13.3. The first kappa shape index (κ1) is 28.7. The van der Waals surface area contributed by atoms with E-state index in [1.165, 1.54) is 25.3 Å². The number of amides is 2. The number of carbonyl (C=O) groups excluding carboxylic acids is 2. The highest BCUT2D eigenvalue weighted by Crippen LogP contribution is 2.34. The Morgan fingerprint density at radius 3 is 2.35 bits per heavy atom. The van der Waals surface area contributed by atoms with Gasteiger partial charge in [-0.15, -0.1) is 10.2 Å². The quantitative estimate of drug-likeness (QED) is 0.241. The number of rotatable bonds is 11. The Bertz CT molecular complexity index is 1440. The normalized spacial score (nSPS) is 11.2. The molecule has 0 aliphatic rings. The summed E-state index contributed by atoms with van der Waals surface area (Å²) in [6.07, 6.45) is -3.96. The summed E-state index contributed by atoms with van der Waals surface area (Å²) >= 11 is 1.05. The van der Waals surface area contributed by atoms with Crippen molar-refractivity contribution in [3.63, 3.8) is 0 Å². The van der Waals surface area contributed by atoms with Crippen molar-refractivity contribution in [2.75, 3.05) is 18.2 Å². The molecule has 2 amide bonds. The summed E-state index contributed by atoms with van der Waals surface area (Å²) in [6.45, 7) is 0.546. The summed E-state index contributed by atoms with van der Waals surface area (Å²) in [5.41, 5.74) is 0.283. The zero-order chi connectivity index (χ0) is 28.5. The van der Waals surface area contributed by atoms with Gasteiger partial charge in [-0.3, -0.25) is 9.59 Å². The minimum Gasteiger partial charge on any atom is -0.497 e. The van der Waals surface area contributed by atoms with E-state index in [0.29, 0.717) is 35.3 Å². The maximum Gasteiger partial charge on any atom is 0.418 e. The van der Waals surface area contributed by atoms with Gasteiger partial charge < -0.3 is 19.9 Å². The van der Waals surface area contributed by atoms with Crippen LogP contribution in [0.25, 0.3) is 0 Å². The predicted molar refractivity (Wildman–Crippen MR) is 145 cm³/mol. The zero-order valence-corrected chi connectivity index (χ0v) is 22.3. The summed E-state index contributed by atoms with van der Waals surface area (Å²) in [5, 5.41) is 14.0. The zero-order valence-electron chi connectivity index (χ0n) is 21.4. The minimum atomic E-state index is -4.60. The van der Waals surface area contributed by atoms with Gasteiger partial charge in [0.15, 0.2) is 11.0 Å². The lowest BCUT2D eigenvalue weighted by atomic mass is 10.1. The maximum absolute atomic E-state index is 13.3. The second-order valence-corrected chi connectivity index (χ2v) is 9.52. The van der Waals surface area contributed by atoms with Gasteiger partial charge in [-0.25, -0.2) is 0 Å². The third kappa shape index (κ3) is 7.63. The van der Waals surface area contributed by atoms with Crippen molar-refractivity contribution >= 4 is 29.3 Å². The van der Waals surface area contributed by atoms with Crippen LogP contribution in [0.4, 0.5) is 18.9 Å². The fourth-order valence-corrected chi connectivity index (χ4v) is 4.61. The van der Waals surface area contributed by atoms with E-state index in [2.05, 4.69) is 20.8 Å². The van der Waals surface area contributed by atoms with E-state index < -0.39 is 17.6 Å². The Kier molecular flexibility index (Phi) is 9.43. The number of alkyl halides is 3. The van der Waals surface area contributed by atoms with Crippen molar-refractivity contribution in [3.05, 3.63) is 101 Å². The van der Waals surface area contributed by atoms with E-state index in [4.69, 9.17) is 4.74 Å². The van der Waals surface area contributed by atoms with Gasteiger partial charge >= 0.3 is 6.18 Å². The van der Waals surface area contributed by atoms with Crippen molar-refractivity contribution in [2.45, 2.75) is 30.8 Å². The number of aromatic nitrogens is 3. The van der Waals surface area contributed by atoms with E-state index in [1.807, 2.05) is 30.3 Å². The number of hydrogen-bond donors (Lipinski definition) is 2. The third-order valence-corrected chi connectivity index (χ3v) is 6.83. The first-order valence-electron chi connectivity index (χ1n) is 12.2. The molecule has 0 fully saturated rings. The van der Waals surface area contributed by atoms with Crippen molar-refractivity contribution in [2.24, 2.45) is 0 Å². The van der Waals surface area contributed by atoms with E-state index in [0.717, 1.165) is 23.4 Å². The molecule has 0 aliphatic heterocycles. The first-order chi connectivity index (χ1) is 19.2. The Labute approximate surface area is 233 Å². The number of benzene rings is 3. The number of ether oxygens (including phenoxy) is 1. The van der Waals surface area contributed by atoms with Crippen LogP contribution in [-0.2, 0) is 30.5 Å². The Balaban J connectivity index is 1.45. The Morgan fingerprint density at radius 1 is 0.950 bits per heavy atom. The van der Waals surface area contributed by atoms with E-state index >= 15 is 0 Å². The monoisotopic (exact) mass is 569 g/mol. The first-order valence-corrected chi connectivity index (χ1v) is 13.2. The second-order valence-electron chi connectivity index (χ2n) is 8.58. The average molecular weight is 570 g/mol. The molecule has 208 valence electrons.